The molecule has 0 fully saturated rings. The van der Waals surface area contributed by atoms with Gasteiger partial charge in [-0.3, -0.25) is 4.79 Å². The highest BCUT2D eigenvalue weighted by molar-refractivity contribution is 5.75. The number of rotatable bonds is 7. The first-order valence-electron chi connectivity index (χ1n) is 5.95. The van der Waals surface area contributed by atoms with Gasteiger partial charge in [0.2, 0.25) is 0 Å². The Labute approximate surface area is 103 Å². The predicted molar refractivity (Wildman–Crippen MR) is 67.5 cm³/mol. The van der Waals surface area contributed by atoms with Gasteiger partial charge in [-0.15, -0.1) is 0 Å². The molecule has 0 saturated carbocycles. The third-order valence-electron chi connectivity index (χ3n) is 2.66. The minimum atomic E-state index is 0.226. The summed E-state index contributed by atoms with van der Waals surface area (Å²) in [6.45, 7) is 4.67. The Kier molecular flexibility index (Phi) is 5.70. The van der Waals surface area contributed by atoms with Crippen LogP contribution in [0.5, 0.6) is 5.75 Å². The zero-order chi connectivity index (χ0) is 12.7. The van der Waals surface area contributed by atoms with E-state index in [1.807, 2.05) is 6.07 Å². The summed E-state index contributed by atoms with van der Waals surface area (Å²) >= 11 is 0. The van der Waals surface area contributed by atoms with Crippen molar-refractivity contribution in [1.82, 2.24) is 0 Å². The molecule has 17 heavy (non-hydrogen) atoms. The molecule has 0 bridgehead atoms. The number of ether oxygens (including phenoxy) is 2. The van der Waals surface area contributed by atoms with Crippen molar-refractivity contribution in [3.8, 4) is 5.75 Å². The Morgan fingerprint density at radius 1 is 1.41 bits per heavy atom. The minimum Gasteiger partial charge on any atom is -0.496 e. The Bertz CT molecular complexity index is 360. The van der Waals surface area contributed by atoms with E-state index in [0.29, 0.717) is 12.2 Å². The van der Waals surface area contributed by atoms with Crippen molar-refractivity contribution < 1.29 is 14.3 Å². The second kappa shape index (κ2) is 7.07. The summed E-state index contributed by atoms with van der Waals surface area (Å²) in [5.74, 6) is 0.763. The molecule has 1 aromatic rings. The fraction of sp³-hybridized carbons (Fsp3) is 0.500. The number of carbonyl (C=O) groups excluding carboxylic acids is 1. The molecule has 0 aromatic heterocycles. The average Bonchev–Trinajstić information content (AvgIpc) is 2.36. The second-order valence-corrected chi connectivity index (χ2v) is 4.10. The van der Waals surface area contributed by atoms with Gasteiger partial charge in [-0.2, -0.15) is 0 Å². The molecule has 0 aliphatic heterocycles. The first-order chi connectivity index (χ1) is 8.21. The Morgan fingerprint density at radius 3 is 2.76 bits per heavy atom. The largest absolute Gasteiger partial charge is 0.496 e. The van der Waals surface area contributed by atoms with Crippen molar-refractivity contribution in [1.29, 1.82) is 0 Å². The van der Waals surface area contributed by atoms with Crippen LogP contribution in [-0.2, 0) is 11.3 Å². The van der Waals surface area contributed by atoms with Crippen molar-refractivity contribution in [3.05, 3.63) is 29.3 Å². The van der Waals surface area contributed by atoms with Gasteiger partial charge in [-0.1, -0.05) is 13.3 Å². The van der Waals surface area contributed by atoms with Gasteiger partial charge >= 0.3 is 0 Å². The molecule has 1 rings (SSSR count). The van der Waals surface area contributed by atoms with Gasteiger partial charge in [0.15, 0.2) is 0 Å². The second-order valence-electron chi connectivity index (χ2n) is 4.10. The number of benzene rings is 1. The van der Waals surface area contributed by atoms with Crippen molar-refractivity contribution in [2.45, 2.75) is 39.4 Å². The lowest BCUT2D eigenvalue weighted by molar-refractivity contribution is 0.0461. The highest BCUT2D eigenvalue weighted by Gasteiger charge is 2.07. The first kappa shape index (κ1) is 13.7. The van der Waals surface area contributed by atoms with Crippen LogP contribution in [0.3, 0.4) is 0 Å². The van der Waals surface area contributed by atoms with E-state index in [-0.39, 0.29) is 6.10 Å². The molecular formula is C14H20O3. The van der Waals surface area contributed by atoms with Crippen LogP contribution in [0.4, 0.5) is 0 Å². The fourth-order valence-electron chi connectivity index (χ4n) is 1.71. The quantitative estimate of drug-likeness (QED) is 0.682. The van der Waals surface area contributed by atoms with E-state index < -0.39 is 0 Å². The van der Waals surface area contributed by atoms with Gasteiger partial charge in [-0.25, -0.2) is 0 Å². The van der Waals surface area contributed by atoms with E-state index >= 15 is 0 Å². The summed E-state index contributed by atoms with van der Waals surface area (Å²) < 4.78 is 11.0. The lowest BCUT2D eigenvalue weighted by Crippen LogP contribution is -2.08. The average molecular weight is 236 g/mol. The van der Waals surface area contributed by atoms with Crippen LogP contribution in [-0.4, -0.2) is 19.5 Å². The monoisotopic (exact) mass is 236 g/mol. The van der Waals surface area contributed by atoms with Gasteiger partial charge in [0, 0.05) is 11.1 Å². The van der Waals surface area contributed by atoms with Crippen LogP contribution in [0.15, 0.2) is 18.2 Å². The highest BCUT2D eigenvalue weighted by Crippen LogP contribution is 2.21. The highest BCUT2D eigenvalue weighted by atomic mass is 16.5. The number of hydrogen-bond donors (Lipinski definition) is 0. The molecular weight excluding hydrogens is 216 g/mol. The third-order valence-corrected chi connectivity index (χ3v) is 2.66. The van der Waals surface area contributed by atoms with E-state index in [9.17, 15) is 4.79 Å². The summed E-state index contributed by atoms with van der Waals surface area (Å²) in [6, 6.07) is 5.35. The van der Waals surface area contributed by atoms with Gasteiger partial charge in [0.1, 0.15) is 12.0 Å². The standard InChI is InChI=1S/C14H20O3/c1-4-5-11(2)17-10-13-8-12(9-15)6-7-14(13)16-3/h6-9,11H,4-5,10H2,1-3H3. The maximum absolute atomic E-state index is 10.7. The fourth-order valence-corrected chi connectivity index (χ4v) is 1.71. The number of aldehydes is 1. The van der Waals surface area contributed by atoms with E-state index in [0.717, 1.165) is 30.4 Å². The van der Waals surface area contributed by atoms with Crippen LogP contribution in [0.2, 0.25) is 0 Å². The van der Waals surface area contributed by atoms with Crippen LogP contribution >= 0.6 is 0 Å². The molecule has 1 aromatic carbocycles. The summed E-state index contributed by atoms with van der Waals surface area (Å²) in [7, 11) is 1.62. The van der Waals surface area contributed by atoms with Crippen molar-refractivity contribution >= 4 is 6.29 Å². The first-order valence-corrected chi connectivity index (χ1v) is 5.95. The zero-order valence-electron chi connectivity index (χ0n) is 10.7. The smallest absolute Gasteiger partial charge is 0.150 e. The molecule has 0 aliphatic rings. The predicted octanol–water partition coefficient (Wildman–Crippen LogP) is 3.21. The SMILES string of the molecule is CCCC(C)OCc1cc(C=O)ccc1OC. The van der Waals surface area contributed by atoms with Crippen molar-refractivity contribution in [2.24, 2.45) is 0 Å². The maximum Gasteiger partial charge on any atom is 0.150 e. The Balaban J connectivity index is 2.70. The molecule has 0 amide bonds. The van der Waals surface area contributed by atoms with E-state index in [1.165, 1.54) is 0 Å². The van der Waals surface area contributed by atoms with Crippen LogP contribution in [0.1, 0.15) is 42.6 Å². The molecule has 0 heterocycles. The maximum atomic E-state index is 10.7. The number of methoxy groups -OCH3 is 1. The summed E-state index contributed by atoms with van der Waals surface area (Å²) in [6.07, 6.45) is 3.20. The van der Waals surface area contributed by atoms with Crippen LogP contribution < -0.4 is 4.74 Å². The van der Waals surface area contributed by atoms with Gasteiger partial charge in [-0.05, 0) is 31.5 Å². The lowest BCUT2D eigenvalue weighted by atomic mass is 10.1. The Hall–Kier alpha value is -1.35. The van der Waals surface area contributed by atoms with Gasteiger partial charge in [0.25, 0.3) is 0 Å². The van der Waals surface area contributed by atoms with E-state index in [2.05, 4.69) is 13.8 Å². The topological polar surface area (TPSA) is 35.5 Å². The number of hydrogen-bond acceptors (Lipinski definition) is 3. The number of carbonyl (C=O) groups is 1. The van der Waals surface area contributed by atoms with Gasteiger partial charge in [0.05, 0.1) is 19.8 Å². The zero-order valence-corrected chi connectivity index (χ0v) is 10.7. The third kappa shape index (κ3) is 4.19. The Morgan fingerprint density at radius 2 is 2.18 bits per heavy atom. The van der Waals surface area contributed by atoms with Gasteiger partial charge < -0.3 is 9.47 Å². The molecule has 3 heteroatoms. The van der Waals surface area contributed by atoms with E-state index in [1.54, 1.807) is 19.2 Å². The molecule has 0 N–H and O–H groups in total. The van der Waals surface area contributed by atoms with Crippen molar-refractivity contribution in [3.63, 3.8) is 0 Å². The minimum absolute atomic E-state index is 0.226. The van der Waals surface area contributed by atoms with Crippen LogP contribution in [0, 0.1) is 0 Å². The normalized spacial score (nSPS) is 12.2. The molecule has 1 atom stereocenters. The molecule has 0 saturated heterocycles. The molecule has 94 valence electrons. The molecule has 0 spiro atoms. The molecule has 3 nitrogen and oxygen atoms in total. The van der Waals surface area contributed by atoms with E-state index in [4.69, 9.17) is 9.47 Å². The lowest BCUT2D eigenvalue weighted by Gasteiger charge is -2.14. The summed E-state index contributed by atoms with van der Waals surface area (Å²) in [5.41, 5.74) is 1.56. The molecule has 0 aliphatic carbocycles. The molecule has 1 unspecified atom stereocenters. The van der Waals surface area contributed by atoms with Crippen molar-refractivity contribution in [2.75, 3.05) is 7.11 Å². The molecule has 0 radical (unpaired) electrons. The summed E-state index contributed by atoms with van der Waals surface area (Å²) in [4.78, 5) is 10.7. The van der Waals surface area contributed by atoms with Crippen LogP contribution in [0.25, 0.3) is 0 Å². The summed E-state index contributed by atoms with van der Waals surface area (Å²) in [5, 5.41) is 0.